The normalized spacial score (nSPS) is 12.3. The van der Waals surface area contributed by atoms with Crippen LogP contribution in [-0.4, -0.2) is 15.0 Å². The number of hydrogen-bond donors (Lipinski definition) is 1. The van der Waals surface area contributed by atoms with E-state index >= 15 is 0 Å². The van der Waals surface area contributed by atoms with Gasteiger partial charge in [-0.25, -0.2) is 0 Å². The van der Waals surface area contributed by atoms with E-state index in [1.54, 1.807) is 0 Å². The summed E-state index contributed by atoms with van der Waals surface area (Å²) in [7, 11) is 0. The Kier molecular flexibility index (Phi) is 5.47. The molecule has 2 rings (SSSR count). The third-order valence-electron chi connectivity index (χ3n) is 2.90. The van der Waals surface area contributed by atoms with Crippen molar-refractivity contribution in [2.75, 3.05) is 0 Å². The van der Waals surface area contributed by atoms with Gasteiger partial charge in [-0.2, -0.15) is 0 Å². The Bertz CT molecular complexity index is 441. The van der Waals surface area contributed by atoms with Crippen molar-refractivity contribution in [3.8, 4) is 0 Å². The third-order valence-corrected chi connectivity index (χ3v) is 5.20. The summed E-state index contributed by atoms with van der Waals surface area (Å²) in [5, 5.41) is 1.28. The van der Waals surface area contributed by atoms with E-state index in [4.69, 9.17) is 5.73 Å². The van der Waals surface area contributed by atoms with E-state index in [0.29, 0.717) is 15.0 Å². The van der Waals surface area contributed by atoms with Gasteiger partial charge >= 0.3 is 116 Å². The maximum atomic E-state index is 6.18. The first-order chi connectivity index (χ1) is 8.86. The Morgan fingerprint density at radius 3 is 2.17 bits per heavy atom. The van der Waals surface area contributed by atoms with E-state index in [1.807, 2.05) is 6.07 Å². The van der Waals surface area contributed by atoms with Crippen molar-refractivity contribution < 1.29 is 0 Å². The fourth-order valence-electron chi connectivity index (χ4n) is 1.88. The average Bonchev–Trinajstić information content (AvgIpc) is 2.45. The maximum absolute atomic E-state index is 6.18. The van der Waals surface area contributed by atoms with Crippen LogP contribution in [0.4, 0.5) is 0 Å². The molecule has 0 bridgehead atoms. The molecule has 18 heavy (non-hydrogen) atoms. The monoisotopic (exact) mass is 305 g/mol. The quantitative estimate of drug-likeness (QED) is 0.644. The Hall–Kier alpha value is -1.08. The molecule has 0 spiro atoms. The van der Waals surface area contributed by atoms with E-state index in [0.717, 1.165) is 6.42 Å². The Labute approximate surface area is 116 Å². The van der Waals surface area contributed by atoms with Crippen LogP contribution in [0.15, 0.2) is 60.7 Å². The Morgan fingerprint density at radius 2 is 1.50 bits per heavy atom. The molecule has 0 amide bonds. The summed E-state index contributed by atoms with van der Waals surface area (Å²) in [6, 6.07) is 21.3. The molecule has 0 radical (unpaired) electrons. The van der Waals surface area contributed by atoms with Crippen LogP contribution in [-0.2, 0) is 0 Å². The molecule has 2 aromatic rings. The van der Waals surface area contributed by atoms with Crippen molar-refractivity contribution in [1.82, 2.24) is 0 Å². The standard InChI is InChI=1S/C16H19NSe/c17-16(14-8-3-1-4-9-14)12-7-13-18-15-10-5-2-6-11-15/h1-6,8-11,16H,7,12-13,17H2. The Morgan fingerprint density at radius 1 is 0.889 bits per heavy atom. The van der Waals surface area contributed by atoms with E-state index in [-0.39, 0.29) is 6.04 Å². The molecule has 0 aliphatic rings. The van der Waals surface area contributed by atoms with Gasteiger partial charge < -0.3 is 0 Å². The zero-order chi connectivity index (χ0) is 12.6. The molecule has 0 aliphatic carbocycles. The van der Waals surface area contributed by atoms with Crippen LogP contribution in [0.2, 0.25) is 5.32 Å². The molecule has 0 aromatic heterocycles. The summed E-state index contributed by atoms with van der Waals surface area (Å²) < 4.78 is 1.48. The SMILES string of the molecule is NC(CCC[Se]c1ccccc1)c1ccccc1. The summed E-state index contributed by atoms with van der Waals surface area (Å²) in [6.45, 7) is 0. The van der Waals surface area contributed by atoms with Gasteiger partial charge in [-0.3, -0.25) is 0 Å². The third kappa shape index (κ3) is 4.30. The molecule has 0 fully saturated rings. The summed E-state index contributed by atoms with van der Waals surface area (Å²) in [5.41, 5.74) is 7.44. The molecule has 0 aliphatic heterocycles. The van der Waals surface area contributed by atoms with Crippen LogP contribution in [0.1, 0.15) is 24.4 Å². The zero-order valence-corrected chi connectivity index (χ0v) is 12.2. The second kappa shape index (κ2) is 7.38. The average molecular weight is 304 g/mol. The second-order valence-corrected chi connectivity index (χ2v) is 6.77. The summed E-state index contributed by atoms with van der Waals surface area (Å²) >= 11 is 0.595. The van der Waals surface area contributed by atoms with Crippen LogP contribution < -0.4 is 10.2 Å². The summed E-state index contributed by atoms with van der Waals surface area (Å²) in [5.74, 6) is 0. The van der Waals surface area contributed by atoms with Gasteiger partial charge in [0, 0.05) is 0 Å². The molecular weight excluding hydrogens is 285 g/mol. The first kappa shape index (κ1) is 13.4. The number of benzene rings is 2. The molecule has 2 N–H and O–H groups in total. The topological polar surface area (TPSA) is 26.0 Å². The van der Waals surface area contributed by atoms with Crippen molar-refractivity contribution in [3.63, 3.8) is 0 Å². The van der Waals surface area contributed by atoms with Crippen LogP contribution >= 0.6 is 0 Å². The fourth-order valence-corrected chi connectivity index (χ4v) is 3.76. The predicted molar refractivity (Wildman–Crippen MR) is 79.2 cm³/mol. The number of hydrogen-bond acceptors (Lipinski definition) is 1. The van der Waals surface area contributed by atoms with Gasteiger partial charge in [0.05, 0.1) is 0 Å². The molecule has 0 saturated carbocycles. The van der Waals surface area contributed by atoms with Crippen LogP contribution in [0.3, 0.4) is 0 Å². The minimum atomic E-state index is 0.192. The zero-order valence-electron chi connectivity index (χ0n) is 10.5. The molecule has 2 heteroatoms. The van der Waals surface area contributed by atoms with Crippen molar-refractivity contribution in [1.29, 1.82) is 0 Å². The first-order valence-corrected chi connectivity index (χ1v) is 8.41. The second-order valence-electron chi connectivity index (χ2n) is 4.32. The van der Waals surface area contributed by atoms with Crippen LogP contribution in [0, 0.1) is 0 Å². The van der Waals surface area contributed by atoms with Gasteiger partial charge in [0.15, 0.2) is 0 Å². The minimum absolute atomic E-state index is 0.192. The Balaban J connectivity index is 1.70. The van der Waals surface area contributed by atoms with Crippen molar-refractivity contribution in [2.45, 2.75) is 24.2 Å². The van der Waals surface area contributed by atoms with Gasteiger partial charge in [0.2, 0.25) is 0 Å². The summed E-state index contributed by atoms with van der Waals surface area (Å²) in [4.78, 5) is 0. The molecule has 2 aromatic carbocycles. The molecule has 1 nitrogen and oxygen atoms in total. The van der Waals surface area contributed by atoms with E-state index in [1.165, 1.54) is 21.8 Å². The van der Waals surface area contributed by atoms with Gasteiger partial charge in [-0.15, -0.1) is 0 Å². The van der Waals surface area contributed by atoms with E-state index in [2.05, 4.69) is 54.6 Å². The number of nitrogens with two attached hydrogens (primary N) is 1. The molecule has 0 saturated heterocycles. The van der Waals surface area contributed by atoms with E-state index in [9.17, 15) is 0 Å². The van der Waals surface area contributed by atoms with Crippen LogP contribution in [0.5, 0.6) is 0 Å². The van der Waals surface area contributed by atoms with Crippen molar-refractivity contribution in [3.05, 3.63) is 66.2 Å². The summed E-state index contributed by atoms with van der Waals surface area (Å²) in [6.07, 6.45) is 2.30. The van der Waals surface area contributed by atoms with Gasteiger partial charge in [-0.1, -0.05) is 0 Å². The molecular formula is C16H19NSe. The molecule has 94 valence electrons. The van der Waals surface area contributed by atoms with E-state index < -0.39 is 0 Å². The van der Waals surface area contributed by atoms with Gasteiger partial charge in [-0.05, 0) is 0 Å². The van der Waals surface area contributed by atoms with Crippen LogP contribution in [0.25, 0.3) is 0 Å². The van der Waals surface area contributed by atoms with Gasteiger partial charge in [0.25, 0.3) is 0 Å². The molecule has 1 unspecified atom stereocenters. The molecule has 1 atom stereocenters. The van der Waals surface area contributed by atoms with Gasteiger partial charge in [0.1, 0.15) is 0 Å². The first-order valence-electron chi connectivity index (χ1n) is 6.34. The van der Waals surface area contributed by atoms with Crippen molar-refractivity contribution >= 4 is 19.4 Å². The fraction of sp³-hybridized carbons (Fsp3) is 0.250. The number of rotatable bonds is 6. The molecule has 0 heterocycles. The predicted octanol–water partition coefficient (Wildman–Crippen LogP) is 2.91. The van der Waals surface area contributed by atoms with Crippen molar-refractivity contribution in [2.24, 2.45) is 5.73 Å².